The topological polar surface area (TPSA) is 40.5 Å². The van der Waals surface area contributed by atoms with Crippen molar-refractivity contribution in [2.45, 2.75) is 0 Å². The first-order chi connectivity index (χ1) is 8.22. The molecule has 0 amide bonds. The molecule has 0 aliphatic rings. The zero-order valence-electron chi connectivity index (χ0n) is 9.30. The highest BCUT2D eigenvalue weighted by Gasteiger charge is 2.14. The average molecular weight is 241 g/mol. The molecule has 85 valence electrons. The molecule has 1 radical (unpaired) electrons. The van der Waals surface area contributed by atoms with Crippen molar-refractivity contribution in [3.8, 4) is 11.1 Å². The summed E-state index contributed by atoms with van der Waals surface area (Å²) in [5.74, 6) is 0. The Kier molecular flexibility index (Phi) is 3.54. The van der Waals surface area contributed by atoms with Crippen LogP contribution in [-0.2, 0) is 0 Å². The molecule has 0 bridgehead atoms. The van der Waals surface area contributed by atoms with Crippen LogP contribution in [0, 0.1) is 0 Å². The van der Waals surface area contributed by atoms with Gasteiger partial charge in [0.05, 0.1) is 0 Å². The molecule has 0 spiro atoms. The summed E-state index contributed by atoms with van der Waals surface area (Å²) in [7, 11) is -2.42. The SMILES string of the molecule is C=Cc1ccc(-c2ccccc2[Si](O)O)cc1. The van der Waals surface area contributed by atoms with E-state index in [0.717, 1.165) is 16.7 Å². The lowest BCUT2D eigenvalue weighted by atomic mass is 10.0. The van der Waals surface area contributed by atoms with Crippen LogP contribution in [0.5, 0.6) is 0 Å². The monoisotopic (exact) mass is 241 g/mol. The molecule has 0 fully saturated rings. The van der Waals surface area contributed by atoms with Crippen LogP contribution in [0.2, 0.25) is 0 Å². The van der Waals surface area contributed by atoms with Gasteiger partial charge in [-0.25, -0.2) is 0 Å². The Morgan fingerprint density at radius 3 is 2.18 bits per heavy atom. The summed E-state index contributed by atoms with van der Waals surface area (Å²) >= 11 is 0. The van der Waals surface area contributed by atoms with E-state index in [0.29, 0.717) is 5.19 Å². The molecule has 0 unspecified atom stereocenters. The third kappa shape index (κ3) is 2.53. The van der Waals surface area contributed by atoms with E-state index < -0.39 is 9.28 Å². The summed E-state index contributed by atoms with van der Waals surface area (Å²) in [5.41, 5.74) is 2.91. The number of rotatable bonds is 3. The first kappa shape index (κ1) is 11.8. The maximum atomic E-state index is 9.41. The highest BCUT2D eigenvalue weighted by molar-refractivity contribution is 6.60. The minimum atomic E-state index is -2.42. The molecule has 17 heavy (non-hydrogen) atoms. The van der Waals surface area contributed by atoms with E-state index in [1.165, 1.54) is 0 Å². The third-order valence-electron chi connectivity index (χ3n) is 2.63. The van der Waals surface area contributed by atoms with Crippen LogP contribution in [0.15, 0.2) is 55.1 Å². The fourth-order valence-corrected chi connectivity index (χ4v) is 2.44. The predicted octanol–water partition coefficient (Wildman–Crippen LogP) is 1.68. The van der Waals surface area contributed by atoms with Gasteiger partial charge in [-0.15, -0.1) is 0 Å². The number of benzene rings is 2. The molecule has 0 saturated heterocycles. The van der Waals surface area contributed by atoms with Gasteiger partial charge in [0.2, 0.25) is 0 Å². The second kappa shape index (κ2) is 5.10. The van der Waals surface area contributed by atoms with E-state index >= 15 is 0 Å². The van der Waals surface area contributed by atoms with E-state index in [2.05, 4.69) is 6.58 Å². The normalized spacial score (nSPS) is 10.5. The van der Waals surface area contributed by atoms with Gasteiger partial charge in [-0.3, -0.25) is 0 Å². The van der Waals surface area contributed by atoms with Crippen LogP contribution >= 0.6 is 0 Å². The summed E-state index contributed by atoms with van der Waals surface area (Å²) in [6, 6.07) is 15.2. The Labute approximate surface area is 102 Å². The van der Waals surface area contributed by atoms with Crippen molar-refractivity contribution in [3.05, 3.63) is 60.7 Å². The van der Waals surface area contributed by atoms with Gasteiger partial charge in [0.15, 0.2) is 0 Å². The average Bonchev–Trinajstić information content (AvgIpc) is 2.39. The van der Waals surface area contributed by atoms with Gasteiger partial charge in [-0.1, -0.05) is 61.2 Å². The van der Waals surface area contributed by atoms with Gasteiger partial charge in [-0.05, 0) is 16.7 Å². The molecular weight excluding hydrogens is 228 g/mol. The van der Waals surface area contributed by atoms with E-state index in [1.54, 1.807) is 12.1 Å². The zero-order valence-corrected chi connectivity index (χ0v) is 10.3. The third-order valence-corrected chi connectivity index (χ3v) is 3.54. The van der Waals surface area contributed by atoms with Crippen molar-refractivity contribution in [2.24, 2.45) is 0 Å². The van der Waals surface area contributed by atoms with Crippen LogP contribution in [0.1, 0.15) is 5.56 Å². The second-order valence-electron chi connectivity index (χ2n) is 3.70. The van der Waals surface area contributed by atoms with Gasteiger partial charge in [0.1, 0.15) is 0 Å². The zero-order chi connectivity index (χ0) is 12.3. The molecule has 2 rings (SSSR count). The quantitative estimate of drug-likeness (QED) is 0.803. The molecule has 0 saturated carbocycles. The lowest BCUT2D eigenvalue weighted by molar-refractivity contribution is 0.426. The summed E-state index contributed by atoms with van der Waals surface area (Å²) in [4.78, 5) is 18.8. The minimum absolute atomic E-state index is 0.615. The number of hydrogen-bond donors (Lipinski definition) is 2. The molecule has 2 nitrogen and oxygen atoms in total. The van der Waals surface area contributed by atoms with Crippen LogP contribution in [0.4, 0.5) is 0 Å². The molecule has 0 aliphatic carbocycles. The molecule has 3 heteroatoms. The van der Waals surface area contributed by atoms with E-state index in [9.17, 15) is 9.59 Å². The minimum Gasteiger partial charge on any atom is -0.406 e. The summed E-state index contributed by atoms with van der Waals surface area (Å²) < 4.78 is 0. The summed E-state index contributed by atoms with van der Waals surface area (Å²) in [5, 5.41) is 0.615. The van der Waals surface area contributed by atoms with Gasteiger partial charge in [0.25, 0.3) is 0 Å². The second-order valence-corrected chi connectivity index (χ2v) is 4.88. The fraction of sp³-hybridized carbons (Fsp3) is 0. The molecule has 0 aromatic heterocycles. The molecule has 2 N–H and O–H groups in total. The fourth-order valence-electron chi connectivity index (χ4n) is 1.73. The highest BCUT2D eigenvalue weighted by Crippen LogP contribution is 2.18. The standard InChI is InChI=1S/C14H13O2Si/c1-2-11-7-9-12(10-8-11)13-5-3-4-6-14(13)17(15)16/h2-10,15-16H,1H2. The lowest BCUT2D eigenvalue weighted by Gasteiger charge is -2.09. The van der Waals surface area contributed by atoms with Crippen molar-refractivity contribution in [2.75, 3.05) is 0 Å². The Morgan fingerprint density at radius 2 is 1.59 bits per heavy atom. The Morgan fingerprint density at radius 1 is 0.941 bits per heavy atom. The lowest BCUT2D eigenvalue weighted by Crippen LogP contribution is -2.31. The van der Waals surface area contributed by atoms with Crippen molar-refractivity contribution < 1.29 is 9.59 Å². The van der Waals surface area contributed by atoms with Crippen LogP contribution in [0.3, 0.4) is 0 Å². The van der Waals surface area contributed by atoms with E-state index in [4.69, 9.17) is 0 Å². The first-order valence-corrected chi connectivity index (χ1v) is 6.69. The largest absolute Gasteiger partial charge is 0.418 e. The van der Waals surface area contributed by atoms with Crippen molar-refractivity contribution in [1.82, 2.24) is 0 Å². The summed E-state index contributed by atoms with van der Waals surface area (Å²) in [6.07, 6.45) is 1.78. The van der Waals surface area contributed by atoms with Crippen molar-refractivity contribution in [1.29, 1.82) is 0 Å². The van der Waals surface area contributed by atoms with Crippen LogP contribution < -0.4 is 5.19 Å². The van der Waals surface area contributed by atoms with Gasteiger partial charge in [0, 0.05) is 5.19 Å². The Balaban J connectivity index is 2.48. The molecule has 0 aliphatic heterocycles. The Hall–Kier alpha value is -1.68. The van der Waals surface area contributed by atoms with E-state index in [-0.39, 0.29) is 0 Å². The van der Waals surface area contributed by atoms with Crippen LogP contribution in [-0.4, -0.2) is 18.9 Å². The maximum Gasteiger partial charge on any atom is 0.418 e. The molecule has 2 aromatic rings. The summed E-state index contributed by atoms with van der Waals surface area (Å²) in [6.45, 7) is 3.70. The first-order valence-electron chi connectivity index (χ1n) is 5.29. The molecule has 0 heterocycles. The van der Waals surface area contributed by atoms with Gasteiger partial charge >= 0.3 is 9.28 Å². The molecule has 2 aromatic carbocycles. The van der Waals surface area contributed by atoms with Crippen molar-refractivity contribution >= 4 is 20.5 Å². The molecular formula is C14H13O2Si. The molecule has 0 atom stereocenters. The van der Waals surface area contributed by atoms with Crippen molar-refractivity contribution in [3.63, 3.8) is 0 Å². The highest BCUT2D eigenvalue weighted by atomic mass is 28.3. The Bertz CT molecular complexity index is 518. The predicted molar refractivity (Wildman–Crippen MR) is 71.8 cm³/mol. The maximum absolute atomic E-state index is 9.41. The van der Waals surface area contributed by atoms with Crippen LogP contribution in [0.25, 0.3) is 17.2 Å². The van der Waals surface area contributed by atoms with Gasteiger partial charge < -0.3 is 9.59 Å². The smallest absolute Gasteiger partial charge is 0.406 e. The van der Waals surface area contributed by atoms with Gasteiger partial charge in [-0.2, -0.15) is 0 Å². The number of hydrogen-bond acceptors (Lipinski definition) is 2. The van der Waals surface area contributed by atoms with E-state index in [1.807, 2.05) is 42.5 Å².